The van der Waals surface area contributed by atoms with Gasteiger partial charge in [-0.25, -0.2) is 0 Å². The fourth-order valence-electron chi connectivity index (χ4n) is 8.39. The van der Waals surface area contributed by atoms with Crippen LogP contribution in [-0.2, 0) is 16.2 Å². The Morgan fingerprint density at radius 2 is 1.00 bits per heavy atom. The van der Waals surface area contributed by atoms with Crippen molar-refractivity contribution in [1.29, 1.82) is 0 Å². The third-order valence-electron chi connectivity index (χ3n) is 11.0. The largest absolute Gasteiger partial charge is 0.0630 e. The molecule has 7 aromatic carbocycles. The Bertz CT molecular complexity index is 2410. The van der Waals surface area contributed by atoms with Gasteiger partial charge in [0.15, 0.2) is 0 Å². The molecule has 2 aliphatic carbocycles. The van der Waals surface area contributed by atoms with Crippen LogP contribution >= 0.6 is 0 Å². The normalized spacial score (nSPS) is 14.4. The molecule has 9 rings (SSSR count). The molecule has 0 saturated carbocycles. The molecule has 0 saturated heterocycles. The van der Waals surface area contributed by atoms with Gasteiger partial charge >= 0.3 is 0 Å². The van der Waals surface area contributed by atoms with E-state index in [2.05, 4.69) is 173 Å². The summed E-state index contributed by atoms with van der Waals surface area (Å²) in [6.45, 7) is 25.2. The molecule has 246 valence electrons. The quantitative estimate of drug-likeness (QED) is 0.157. The van der Waals surface area contributed by atoms with Crippen LogP contribution in [0.1, 0.15) is 98.4 Å². The van der Waals surface area contributed by atoms with E-state index in [1.165, 1.54) is 99.1 Å². The zero-order valence-electron chi connectivity index (χ0n) is 31.3. The molecule has 0 heteroatoms. The van der Waals surface area contributed by atoms with E-state index in [0.29, 0.717) is 0 Å². The molecule has 0 fully saturated rings. The van der Waals surface area contributed by atoms with Gasteiger partial charge in [0.25, 0.3) is 0 Å². The number of hydrogen-bond donors (Lipinski definition) is 0. The van der Waals surface area contributed by atoms with Crippen molar-refractivity contribution in [3.05, 3.63) is 119 Å². The molecule has 0 heterocycles. The molecular formula is C49H50. The van der Waals surface area contributed by atoms with Crippen LogP contribution in [0.2, 0.25) is 0 Å². The van der Waals surface area contributed by atoms with Gasteiger partial charge in [0.05, 0.1) is 0 Å². The fraction of sp³-hybridized carbons (Fsp3) is 0.306. The minimum atomic E-state index is -0.0107. The van der Waals surface area contributed by atoms with Crippen molar-refractivity contribution in [2.24, 2.45) is 5.92 Å². The van der Waals surface area contributed by atoms with Crippen molar-refractivity contribution in [3.8, 4) is 44.5 Å². The van der Waals surface area contributed by atoms with Gasteiger partial charge in [-0.1, -0.05) is 143 Å². The molecule has 0 aliphatic heterocycles. The second kappa shape index (κ2) is 10.5. The lowest BCUT2D eigenvalue weighted by Crippen LogP contribution is -2.16. The van der Waals surface area contributed by atoms with Crippen molar-refractivity contribution in [3.63, 3.8) is 0 Å². The van der Waals surface area contributed by atoms with Crippen LogP contribution in [0.25, 0.3) is 76.8 Å². The lowest BCUT2D eigenvalue weighted by Gasteiger charge is -2.26. The Balaban J connectivity index is 0.000000829. The molecule has 0 unspecified atom stereocenters. The maximum Gasteiger partial charge on any atom is 0.0159 e. The summed E-state index contributed by atoms with van der Waals surface area (Å²) in [4.78, 5) is 0. The van der Waals surface area contributed by atoms with Gasteiger partial charge in [0.1, 0.15) is 0 Å². The minimum absolute atomic E-state index is 0.0107. The van der Waals surface area contributed by atoms with Crippen LogP contribution in [0, 0.1) is 5.92 Å². The Kier molecular flexibility index (Phi) is 6.85. The van der Waals surface area contributed by atoms with Crippen LogP contribution in [0.4, 0.5) is 0 Å². The first kappa shape index (κ1) is 31.8. The minimum Gasteiger partial charge on any atom is -0.0630 e. The van der Waals surface area contributed by atoms with Crippen LogP contribution in [-0.4, -0.2) is 0 Å². The zero-order valence-corrected chi connectivity index (χ0v) is 31.3. The van der Waals surface area contributed by atoms with Gasteiger partial charge < -0.3 is 0 Å². The predicted molar refractivity (Wildman–Crippen MR) is 215 cm³/mol. The first-order chi connectivity index (χ1) is 23.0. The first-order valence-electron chi connectivity index (χ1n) is 18.2. The molecule has 0 atom stereocenters. The SMILES string of the molecule is CC(C)(C)c1cc(-c2cc3ccc4ccc5c6c(cc(c2)c3c46)-c2cc3c(cc2-5)C(C)(C)c2ccccc2-3)cc(C(C)(C)C)c1.CC(C)C. The van der Waals surface area contributed by atoms with Gasteiger partial charge in [-0.15, -0.1) is 0 Å². The van der Waals surface area contributed by atoms with E-state index in [1.807, 2.05) is 0 Å². The zero-order chi connectivity index (χ0) is 34.8. The second-order valence-corrected chi connectivity index (χ2v) is 18.0. The predicted octanol–water partition coefficient (Wildman–Crippen LogP) is 14.5. The maximum absolute atomic E-state index is 2.52. The summed E-state index contributed by atoms with van der Waals surface area (Å²) in [7, 11) is 0. The topological polar surface area (TPSA) is 0 Å². The third-order valence-corrected chi connectivity index (χ3v) is 11.0. The second-order valence-electron chi connectivity index (χ2n) is 18.0. The van der Waals surface area contributed by atoms with Gasteiger partial charge in [-0.05, 0) is 146 Å². The van der Waals surface area contributed by atoms with E-state index in [-0.39, 0.29) is 16.2 Å². The van der Waals surface area contributed by atoms with Crippen LogP contribution in [0.15, 0.2) is 97.1 Å². The Labute approximate surface area is 293 Å². The summed E-state index contributed by atoms with van der Waals surface area (Å²) in [6.07, 6.45) is 0. The van der Waals surface area contributed by atoms with Crippen molar-refractivity contribution < 1.29 is 0 Å². The lowest BCUT2D eigenvalue weighted by atomic mass is 9.78. The van der Waals surface area contributed by atoms with Gasteiger partial charge in [0.2, 0.25) is 0 Å². The molecule has 2 aliphatic rings. The van der Waals surface area contributed by atoms with E-state index in [4.69, 9.17) is 0 Å². The van der Waals surface area contributed by atoms with Gasteiger partial charge in [-0.2, -0.15) is 0 Å². The Hall–Kier alpha value is -4.42. The van der Waals surface area contributed by atoms with Crippen molar-refractivity contribution in [2.45, 2.75) is 92.4 Å². The summed E-state index contributed by atoms with van der Waals surface area (Å²) in [5.74, 6) is 0.833. The van der Waals surface area contributed by atoms with Crippen molar-refractivity contribution in [1.82, 2.24) is 0 Å². The number of rotatable bonds is 1. The summed E-state index contributed by atoms with van der Waals surface area (Å²) in [5, 5.41) is 8.22. The average Bonchev–Trinajstić information content (AvgIpc) is 3.47. The number of hydrogen-bond acceptors (Lipinski definition) is 0. The van der Waals surface area contributed by atoms with Crippen LogP contribution in [0.3, 0.4) is 0 Å². The number of benzene rings is 7. The molecule has 0 nitrogen and oxygen atoms in total. The molecule has 0 aromatic heterocycles. The summed E-state index contributed by atoms with van der Waals surface area (Å²) in [5.41, 5.74) is 16.7. The highest BCUT2D eigenvalue weighted by atomic mass is 14.4. The first-order valence-corrected chi connectivity index (χ1v) is 18.2. The van der Waals surface area contributed by atoms with E-state index >= 15 is 0 Å². The van der Waals surface area contributed by atoms with E-state index in [0.717, 1.165) is 5.92 Å². The van der Waals surface area contributed by atoms with Crippen LogP contribution < -0.4 is 0 Å². The molecule has 49 heavy (non-hydrogen) atoms. The molecule has 0 bridgehead atoms. The smallest absolute Gasteiger partial charge is 0.0159 e. The Morgan fingerprint density at radius 3 is 1.67 bits per heavy atom. The highest BCUT2D eigenvalue weighted by Crippen LogP contribution is 2.57. The van der Waals surface area contributed by atoms with Crippen molar-refractivity contribution >= 4 is 32.3 Å². The van der Waals surface area contributed by atoms with E-state index in [1.54, 1.807) is 0 Å². The van der Waals surface area contributed by atoms with E-state index in [9.17, 15) is 0 Å². The standard InChI is InChI=1S/C45H40.C4H10/c1-43(2,3)30-19-28(20-31(22-30)44(4,5)6)27-17-26-14-13-25-15-16-33-35-24-39-36(32-11-9-10-12-38(32)45(39,7)8)23-34(35)37-21-29(18-27)40(26)41(25)42(33)37;1-4(2)3/h9-24H,1-8H3;4H,1-3H3. The highest BCUT2D eigenvalue weighted by molar-refractivity contribution is 6.32. The van der Waals surface area contributed by atoms with E-state index < -0.39 is 0 Å². The number of fused-ring (bicyclic) bond motifs is 6. The van der Waals surface area contributed by atoms with Gasteiger partial charge in [-0.3, -0.25) is 0 Å². The summed E-state index contributed by atoms with van der Waals surface area (Å²) < 4.78 is 0. The maximum atomic E-state index is 2.52. The monoisotopic (exact) mass is 638 g/mol. The molecule has 0 radical (unpaired) electrons. The molecule has 0 amide bonds. The summed E-state index contributed by atoms with van der Waals surface area (Å²) in [6, 6.07) is 38.1. The fourth-order valence-corrected chi connectivity index (χ4v) is 8.39. The Morgan fingerprint density at radius 1 is 0.429 bits per heavy atom. The van der Waals surface area contributed by atoms with Crippen LogP contribution in [0.5, 0.6) is 0 Å². The average molecular weight is 639 g/mol. The molecule has 0 N–H and O–H groups in total. The molecular weight excluding hydrogens is 589 g/mol. The lowest BCUT2D eigenvalue weighted by molar-refractivity contribution is 0.569. The highest BCUT2D eigenvalue weighted by Gasteiger charge is 2.37. The summed E-state index contributed by atoms with van der Waals surface area (Å²) >= 11 is 0. The molecule has 0 spiro atoms. The third kappa shape index (κ3) is 4.85. The van der Waals surface area contributed by atoms with Gasteiger partial charge in [0, 0.05) is 5.41 Å². The van der Waals surface area contributed by atoms with Crippen molar-refractivity contribution in [2.75, 3.05) is 0 Å². The molecule has 7 aromatic rings.